The van der Waals surface area contributed by atoms with Gasteiger partial charge >= 0.3 is 5.97 Å². The molecule has 0 heterocycles. The summed E-state index contributed by atoms with van der Waals surface area (Å²) in [5, 5.41) is 11.6. The van der Waals surface area contributed by atoms with Crippen LogP contribution in [0.5, 0.6) is 0 Å². The zero-order valence-electron chi connectivity index (χ0n) is 12.2. The number of ether oxygens (including phenoxy) is 1. The van der Waals surface area contributed by atoms with Crippen molar-refractivity contribution in [3.63, 3.8) is 0 Å². The maximum atomic E-state index is 12.1. The first-order valence-electron chi connectivity index (χ1n) is 6.78. The molecular formula is C17H13IN2O3. The molecule has 0 radical (unpaired) electrons. The quantitative estimate of drug-likeness (QED) is 0.608. The topological polar surface area (TPSA) is 79.2 Å². The van der Waals surface area contributed by atoms with E-state index < -0.39 is 18.0 Å². The highest BCUT2D eigenvalue weighted by Crippen LogP contribution is 2.16. The molecule has 1 atom stereocenters. The number of carbonyl (C=O) groups excluding carboxylic acids is 2. The predicted molar refractivity (Wildman–Crippen MR) is 93.8 cm³/mol. The molecule has 0 aliphatic rings. The second kappa shape index (κ2) is 7.74. The Hall–Kier alpha value is -2.40. The predicted octanol–water partition coefficient (Wildman–Crippen LogP) is 3.35. The van der Waals surface area contributed by atoms with Crippen molar-refractivity contribution in [3.05, 3.63) is 63.2 Å². The summed E-state index contributed by atoms with van der Waals surface area (Å²) in [4.78, 5) is 24.2. The van der Waals surface area contributed by atoms with Crippen LogP contribution in [0.3, 0.4) is 0 Å². The maximum absolute atomic E-state index is 12.1. The lowest BCUT2D eigenvalue weighted by atomic mass is 10.2. The van der Waals surface area contributed by atoms with Crippen LogP contribution in [0.25, 0.3) is 0 Å². The third-order valence-corrected chi connectivity index (χ3v) is 3.99. The lowest BCUT2D eigenvalue weighted by molar-refractivity contribution is -0.123. The smallest absolute Gasteiger partial charge is 0.339 e. The van der Waals surface area contributed by atoms with Gasteiger partial charge in [0, 0.05) is 3.57 Å². The van der Waals surface area contributed by atoms with Gasteiger partial charge in [-0.25, -0.2) is 4.79 Å². The van der Waals surface area contributed by atoms with Gasteiger partial charge in [-0.3, -0.25) is 4.79 Å². The van der Waals surface area contributed by atoms with Crippen molar-refractivity contribution in [2.75, 3.05) is 5.32 Å². The summed E-state index contributed by atoms with van der Waals surface area (Å²) in [6, 6.07) is 15.6. The van der Waals surface area contributed by atoms with Crippen molar-refractivity contribution in [3.8, 4) is 6.07 Å². The summed E-state index contributed by atoms with van der Waals surface area (Å²) in [5.41, 5.74) is 1.14. The Labute approximate surface area is 147 Å². The second-order valence-corrected chi connectivity index (χ2v) is 5.84. The molecule has 2 rings (SSSR count). The molecule has 5 nitrogen and oxygen atoms in total. The Kier molecular flexibility index (Phi) is 5.71. The number of nitrogens with one attached hydrogen (secondary N) is 1. The van der Waals surface area contributed by atoms with Crippen LogP contribution in [0.4, 0.5) is 5.69 Å². The van der Waals surface area contributed by atoms with Gasteiger partial charge in [0.25, 0.3) is 5.91 Å². The number of hydrogen-bond donors (Lipinski definition) is 1. The zero-order chi connectivity index (χ0) is 16.8. The molecule has 0 fully saturated rings. The summed E-state index contributed by atoms with van der Waals surface area (Å²) < 4.78 is 5.93. The first kappa shape index (κ1) is 17.0. The van der Waals surface area contributed by atoms with Gasteiger partial charge in [-0.2, -0.15) is 5.26 Å². The van der Waals surface area contributed by atoms with Crippen molar-refractivity contribution in [1.82, 2.24) is 0 Å². The van der Waals surface area contributed by atoms with Crippen LogP contribution in [0, 0.1) is 14.9 Å². The number of nitriles is 1. The van der Waals surface area contributed by atoms with Crippen molar-refractivity contribution >= 4 is 40.2 Å². The number of anilines is 1. The van der Waals surface area contributed by atoms with Gasteiger partial charge in [-0.05, 0) is 53.8 Å². The van der Waals surface area contributed by atoms with E-state index >= 15 is 0 Å². The fourth-order valence-electron chi connectivity index (χ4n) is 1.83. The van der Waals surface area contributed by atoms with Gasteiger partial charge in [0.1, 0.15) is 6.07 Å². The summed E-state index contributed by atoms with van der Waals surface area (Å²) >= 11 is 2.03. The Bertz CT molecular complexity index is 783. The Morgan fingerprint density at radius 3 is 2.52 bits per heavy atom. The minimum atomic E-state index is -0.981. The van der Waals surface area contributed by atoms with Gasteiger partial charge in [-0.1, -0.05) is 24.3 Å². The average Bonchev–Trinajstić information content (AvgIpc) is 2.55. The van der Waals surface area contributed by atoms with Crippen LogP contribution in [0.2, 0.25) is 0 Å². The highest BCUT2D eigenvalue weighted by atomic mass is 127. The zero-order valence-corrected chi connectivity index (χ0v) is 14.4. The van der Waals surface area contributed by atoms with E-state index in [1.54, 1.807) is 42.5 Å². The van der Waals surface area contributed by atoms with Crippen molar-refractivity contribution in [2.45, 2.75) is 13.0 Å². The summed E-state index contributed by atoms with van der Waals surface area (Å²) in [6.07, 6.45) is -0.981. The van der Waals surface area contributed by atoms with E-state index in [4.69, 9.17) is 10.00 Å². The number of esters is 1. The molecule has 2 aromatic rings. The third-order valence-electron chi connectivity index (χ3n) is 3.05. The minimum Gasteiger partial charge on any atom is -0.449 e. The molecule has 0 bridgehead atoms. The minimum absolute atomic E-state index is 0.344. The Morgan fingerprint density at radius 1 is 1.17 bits per heavy atom. The third kappa shape index (κ3) is 4.29. The van der Waals surface area contributed by atoms with Crippen LogP contribution in [0.15, 0.2) is 48.5 Å². The van der Waals surface area contributed by atoms with Gasteiger partial charge in [0.15, 0.2) is 6.10 Å². The van der Waals surface area contributed by atoms with Crippen molar-refractivity contribution in [1.29, 1.82) is 5.26 Å². The van der Waals surface area contributed by atoms with E-state index in [1.807, 2.05) is 34.7 Å². The number of benzene rings is 2. The van der Waals surface area contributed by atoms with E-state index in [2.05, 4.69) is 5.32 Å². The molecule has 0 aliphatic heterocycles. The second-order valence-electron chi connectivity index (χ2n) is 4.67. The molecular weight excluding hydrogens is 407 g/mol. The van der Waals surface area contributed by atoms with Gasteiger partial charge in [0.05, 0.1) is 16.8 Å². The van der Waals surface area contributed by atoms with E-state index in [0.29, 0.717) is 16.8 Å². The summed E-state index contributed by atoms with van der Waals surface area (Å²) in [7, 11) is 0. The molecule has 0 saturated heterocycles. The van der Waals surface area contributed by atoms with Crippen LogP contribution >= 0.6 is 22.6 Å². The number of carbonyl (C=O) groups is 2. The van der Waals surface area contributed by atoms with Crippen LogP contribution in [0.1, 0.15) is 22.8 Å². The molecule has 116 valence electrons. The lowest BCUT2D eigenvalue weighted by Gasteiger charge is -2.14. The molecule has 0 saturated carbocycles. The van der Waals surface area contributed by atoms with E-state index in [9.17, 15) is 9.59 Å². The molecule has 0 spiro atoms. The van der Waals surface area contributed by atoms with E-state index in [1.165, 1.54) is 6.92 Å². The van der Waals surface area contributed by atoms with Crippen molar-refractivity contribution < 1.29 is 14.3 Å². The van der Waals surface area contributed by atoms with Crippen LogP contribution in [-0.2, 0) is 9.53 Å². The number of nitrogens with zero attached hydrogens (tertiary/aromatic N) is 1. The first-order chi connectivity index (χ1) is 11.0. The number of halogens is 1. The van der Waals surface area contributed by atoms with Crippen LogP contribution in [-0.4, -0.2) is 18.0 Å². The standard InChI is InChI=1S/C17H13IN2O3/c1-11(23-17(22)13-7-3-4-8-14(13)18)16(21)20-15-9-5-2-6-12(15)10-19/h2-9,11H,1H3,(H,20,21)/t11-/m1/s1. The van der Waals surface area contributed by atoms with Crippen molar-refractivity contribution in [2.24, 2.45) is 0 Å². The molecule has 1 amide bonds. The average molecular weight is 420 g/mol. The molecule has 0 aliphatic carbocycles. The fourth-order valence-corrected chi connectivity index (χ4v) is 2.44. The lowest BCUT2D eigenvalue weighted by Crippen LogP contribution is -2.30. The molecule has 0 aromatic heterocycles. The molecule has 0 unspecified atom stereocenters. The summed E-state index contributed by atoms with van der Waals surface area (Å²) in [5.74, 6) is -1.06. The highest BCUT2D eigenvalue weighted by molar-refractivity contribution is 14.1. The van der Waals surface area contributed by atoms with Gasteiger partial charge < -0.3 is 10.1 Å². The number of amides is 1. The van der Waals surface area contributed by atoms with Gasteiger partial charge in [-0.15, -0.1) is 0 Å². The SMILES string of the molecule is C[C@@H](OC(=O)c1ccccc1I)C(=O)Nc1ccccc1C#N. The number of hydrogen-bond acceptors (Lipinski definition) is 4. The molecule has 2 aromatic carbocycles. The summed E-state index contributed by atoms with van der Waals surface area (Å²) in [6.45, 7) is 1.48. The van der Waals surface area contributed by atoms with E-state index in [-0.39, 0.29) is 0 Å². The first-order valence-corrected chi connectivity index (χ1v) is 7.86. The fraction of sp³-hybridized carbons (Fsp3) is 0.118. The molecule has 6 heteroatoms. The monoisotopic (exact) mass is 420 g/mol. The number of rotatable bonds is 4. The molecule has 1 N–H and O–H groups in total. The van der Waals surface area contributed by atoms with E-state index in [0.717, 1.165) is 3.57 Å². The highest BCUT2D eigenvalue weighted by Gasteiger charge is 2.20. The van der Waals surface area contributed by atoms with Gasteiger partial charge in [0.2, 0.25) is 0 Å². The normalized spacial score (nSPS) is 11.2. The Balaban J connectivity index is 2.05. The Morgan fingerprint density at radius 2 is 1.83 bits per heavy atom. The molecule has 23 heavy (non-hydrogen) atoms. The largest absolute Gasteiger partial charge is 0.449 e. The van der Waals surface area contributed by atoms with Crippen LogP contribution < -0.4 is 5.32 Å². The number of para-hydroxylation sites is 1. The maximum Gasteiger partial charge on any atom is 0.339 e.